The van der Waals surface area contributed by atoms with Gasteiger partial charge in [-0.05, 0) is 36.1 Å². The molecule has 0 amide bonds. The van der Waals surface area contributed by atoms with Gasteiger partial charge in [-0.2, -0.15) is 0 Å². The summed E-state index contributed by atoms with van der Waals surface area (Å²) in [5.41, 5.74) is 3.55. The lowest BCUT2D eigenvalue weighted by atomic mass is 9.98. The average molecular weight is 256 g/mol. The third kappa shape index (κ3) is 3.25. The van der Waals surface area contributed by atoms with Crippen LogP contribution in [0.15, 0.2) is 36.7 Å². The van der Waals surface area contributed by atoms with Gasteiger partial charge in [-0.1, -0.05) is 19.9 Å². The number of hydrogen-bond acceptors (Lipinski definition) is 3. The van der Waals surface area contributed by atoms with Crippen LogP contribution in [0.1, 0.15) is 30.9 Å². The van der Waals surface area contributed by atoms with Crippen molar-refractivity contribution in [3.05, 3.63) is 47.8 Å². The van der Waals surface area contributed by atoms with Crippen molar-refractivity contribution in [2.24, 2.45) is 0 Å². The first-order valence-corrected chi connectivity index (χ1v) is 6.51. The minimum atomic E-state index is 0.531. The molecule has 100 valence electrons. The Morgan fingerprint density at radius 1 is 1.11 bits per heavy atom. The SMILES string of the molecule is CNc1cncc(Oc2ccc(C(C)C)c(C)c2)c1. The standard InChI is InChI=1S/C16H20N2O/c1-11(2)16-6-5-14(7-12(16)3)19-15-8-13(17-4)9-18-10-15/h5-11,17H,1-4H3. The van der Waals surface area contributed by atoms with E-state index in [1.807, 2.05) is 19.2 Å². The van der Waals surface area contributed by atoms with E-state index in [9.17, 15) is 0 Å². The summed E-state index contributed by atoms with van der Waals surface area (Å²) in [6.45, 7) is 6.51. The van der Waals surface area contributed by atoms with Gasteiger partial charge in [-0.15, -0.1) is 0 Å². The van der Waals surface area contributed by atoms with Crippen molar-refractivity contribution in [1.82, 2.24) is 4.98 Å². The zero-order valence-electron chi connectivity index (χ0n) is 11.9. The summed E-state index contributed by atoms with van der Waals surface area (Å²) in [5, 5.41) is 3.05. The van der Waals surface area contributed by atoms with Crippen molar-refractivity contribution in [3.8, 4) is 11.5 Å². The number of pyridine rings is 1. The number of ether oxygens (including phenoxy) is 1. The molecule has 19 heavy (non-hydrogen) atoms. The molecule has 0 fully saturated rings. The first-order chi connectivity index (χ1) is 9.10. The second-order valence-electron chi connectivity index (χ2n) is 4.93. The molecule has 0 bridgehead atoms. The van der Waals surface area contributed by atoms with Crippen molar-refractivity contribution in [2.75, 3.05) is 12.4 Å². The van der Waals surface area contributed by atoms with E-state index in [1.54, 1.807) is 12.4 Å². The molecule has 0 radical (unpaired) electrons. The van der Waals surface area contributed by atoms with E-state index < -0.39 is 0 Å². The minimum absolute atomic E-state index is 0.531. The molecule has 0 aliphatic rings. The smallest absolute Gasteiger partial charge is 0.147 e. The van der Waals surface area contributed by atoms with Gasteiger partial charge in [0.15, 0.2) is 0 Å². The van der Waals surface area contributed by atoms with Gasteiger partial charge in [0, 0.05) is 13.1 Å². The predicted molar refractivity (Wildman–Crippen MR) is 79.1 cm³/mol. The van der Waals surface area contributed by atoms with Crippen LogP contribution in [0.2, 0.25) is 0 Å². The topological polar surface area (TPSA) is 34.2 Å². The van der Waals surface area contributed by atoms with Gasteiger partial charge in [0.2, 0.25) is 0 Å². The number of hydrogen-bond donors (Lipinski definition) is 1. The Bertz CT molecular complexity index is 564. The van der Waals surface area contributed by atoms with Crippen molar-refractivity contribution < 1.29 is 4.74 Å². The molecule has 1 aromatic carbocycles. The largest absolute Gasteiger partial charge is 0.456 e. The molecule has 0 saturated carbocycles. The van der Waals surface area contributed by atoms with Crippen LogP contribution in [0, 0.1) is 6.92 Å². The van der Waals surface area contributed by atoms with Crippen molar-refractivity contribution in [3.63, 3.8) is 0 Å². The fourth-order valence-electron chi connectivity index (χ4n) is 2.11. The molecule has 3 nitrogen and oxygen atoms in total. The number of anilines is 1. The Labute approximate surface area is 114 Å². The lowest BCUT2D eigenvalue weighted by Gasteiger charge is -2.12. The van der Waals surface area contributed by atoms with Crippen LogP contribution in [-0.2, 0) is 0 Å². The van der Waals surface area contributed by atoms with Gasteiger partial charge in [0.25, 0.3) is 0 Å². The van der Waals surface area contributed by atoms with E-state index in [-0.39, 0.29) is 0 Å². The molecule has 2 aromatic rings. The van der Waals surface area contributed by atoms with Crippen LogP contribution < -0.4 is 10.1 Å². The molecule has 0 spiro atoms. The highest BCUT2D eigenvalue weighted by atomic mass is 16.5. The Morgan fingerprint density at radius 2 is 1.89 bits per heavy atom. The van der Waals surface area contributed by atoms with Crippen LogP contribution in [0.5, 0.6) is 11.5 Å². The number of nitrogens with one attached hydrogen (secondary N) is 1. The molecule has 1 heterocycles. The zero-order valence-corrected chi connectivity index (χ0v) is 11.9. The fraction of sp³-hybridized carbons (Fsp3) is 0.312. The Kier molecular flexibility index (Phi) is 4.05. The molecule has 2 rings (SSSR count). The summed E-state index contributed by atoms with van der Waals surface area (Å²) in [7, 11) is 1.86. The van der Waals surface area contributed by atoms with Crippen LogP contribution in [0.25, 0.3) is 0 Å². The Hall–Kier alpha value is -2.03. The Balaban J connectivity index is 2.21. The van der Waals surface area contributed by atoms with Gasteiger partial charge in [0.05, 0.1) is 18.1 Å². The van der Waals surface area contributed by atoms with Gasteiger partial charge < -0.3 is 10.1 Å². The lowest BCUT2D eigenvalue weighted by Crippen LogP contribution is -1.94. The quantitative estimate of drug-likeness (QED) is 0.883. The number of rotatable bonds is 4. The summed E-state index contributed by atoms with van der Waals surface area (Å²) >= 11 is 0. The molecule has 0 atom stereocenters. The maximum atomic E-state index is 5.83. The highest BCUT2D eigenvalue weighted by Crippen LogP contribution is 2.27. The van der Waals surface area contributed by atoms with Crippen molar-refractivity contribution >= 4 is 5.69 Å². The minimum Gasteiger partial charge on any atom is -0.456 e. The van der Waals surface area contributed by atoms with E-state index in [0.717, 1.165) is 17.2 Å². The summed E-state index contributed by atoms with van der Waals surface area (Å²) in [6, 6.07) is 8.14. The van der Waals surface area contributed by atoms with E-state index >= 15 is 0 Å². The molecule has 0 unspecified atom stereocenters. The molecule has 0 aliphatic heterocycles. The van der Waals surface area contributed by atoms with Crippen molar-refractivity contribution in [1.29, 1.82) is 0 Å². The van der Waals surface area contributed by atoms with Crippen LogP contribution in [-0.4, -0.2) is 12.0 Å². The first kappa shape index (κ1) is 13.4. The molecule has 0 aliphatic carbocycles. The molecule has 0 saturated heterocycles. The fourth-order valence-corrected chi connectivity index (χ4v) is 2.11. The summed E-state index contributed by atoms with van der Waals surface area (Å²) in [5.74, 6) is 2.11. The zero-order chi connectivity index (χ0) is 13.8. The van der Waals surface area contributed by atoms with E-state index in [2.05, 4.69) is 43.2 Å². The number of aryl methyl sites for hydroxylation is 1. The molecular weight excluding hydrogens is 236 g/mol. The summed E-state index contributed by atoms with van der Waals surface area (Å²) in [4.78, 5) is 4.13. The average Bonchev–Trinajstić information content (AvgIpc) is 2.38. The van der Waals surface area contributed by atoms with Crippen molar-refractivity contribution in [2.45, 2.75) is 26.7 Å². The van der Waals surface area contributed by atoms with Crippen LogP contribution in [0.4, 0.5) is 5.69 Å². The van der Waals surface area contributed by atoms with Crippen LogP contribution >= 0.6 is 0 Å². The van der Waals surface area contributed by atoms with Gasteiger partial charge >= 0.3 is 0 Å². The molecule has 1 aromatic heterocycles. The maximum Gasteiger partial charge on any atom is 0.147 e. The van der Waals surface area contributed by atoms with E-state index in [4.69, 9.17) is 4.74 Å². The number of nitrogens with zero attached hydrogens (tertiary/aromatic N) is 1. The molecular formula is C16H20N2O. The molecule has 3 heteroatoms. The third-order valence-electron chi connectivity index (χ3n) is 3.10. The third-order valence-corrected chi connectivity index (χ3v) is 3.10. The maximum absolute atomic E-state index is 5.83. The highest BCUT2D eigenvalue weighted by Gasteiger charge is 2.05. The molecule has 1 N–H and O–H groups in total. The van der Waals surface area contributed by atoms with Crippen LogP contribution in [0.3, 0.4) is 0 Å². The normalized spacial score (nSPS) is 10.6. The second-order valence-corrected chi connectivity index (χ2v) is 4.93. The monoisotopic (exact) mass is 256 g/mol. The summed E-state index contributed by atoms with van der Waals surface area (Å²) in [6.07, 6.45) is 3.48. The van der Waals surface area contributed by atoms with E-state index in [1.165, 1.54) is 11.1 Å². The van der Waals surface area contributed by atoms with Gasteiger partial charge in [-0.3, -0.25) is 4.98 Å². The lowest BCUT2D eigenvalue weighted by molar-refractivity contribution is 0.480. The predicted octanol–water partition coefficient (Wildman–Crippen LogP) is 4.35. The second kappa shape index (κ2) is 5.74. The summed E-state index contributed by atoms with van der Waals surface area (Å²) < 4.78 is 5.83. The van der Waals surface area contributed by atoms with Gasteiger partial charge in [0.1, 0.15) is 11.5 Å². The van der Waals surface area contributed by atoms with Gasteiger partial charge in [-0.25, -0.2) is 0 Å². The Morgan fingerprint density at radius 3 is 2.53 bits per heavy atom. The first-order valence-electron chi connectivity index (χ1n) is 6.51. The number of benzene rings is 1. The van der Waals surface area contributed by atoms with E-state index in [0.29, 0.717) is 5.92 Å². The number of aromatic nitrogens is 1. The highest BCUT2D eigenvalue weighted by molar-refractivity contribution is 5.46.